The summed E-state index contributed by atoms with van der Waals surface area (Å²) in [6.07, 6.45) is 4.48. The Kier molecular flexibility index (Phi) is 6.34. The molecular weight excluding hydrogens is 397 g/mol. The first kappa shape index (κ1) is 21.4. The number of carbonyl (C=O) groups is 1. The molecule has 156 valence electrons. The van der Waals surface area contributed by atoms with Gasteiger partial charge in [0.1, 0.15) is 0 Å². The van der Waals surface area contributed by atoms with Gasteiger partial charge >= 0.3 is 5.97 Å². The van der Waals surface area contributed by atoms with E-state index in [1.165, 1.54) is 0 Å². The summed E-state index contributed by atoms with van der Waals surface area (Å²) in [5, 5.41) is 9.45. The molecule has 1 aromatic rings. The molecule has 5 nitrogen and oxygen atoms in total. The molecule has 1 aromatic carbocycles. The maximum absolute atomic E-state index is 14.9. The summed E-state index contributed by atoms with van der Waals surface area (Å²) in [6.45, 7) is 8.84. The van der Waals surface area contributed by atoms with Gasteiger partial charge in [-0.25, -0.2) is 9.18 Å². The van der Waals surface area contributed by atoms with Gasteiger partial charge in [0, 0.05) is 37.9 Å². The van der Waals surface area contributed by atoms with Gasteiger partial charge in [0.2, 0.25) is 0 Å². The minimum absolute atomic E-state index is 0.000862. The summed E-state index contributed by atoms with van der Waals surface area (Å²) in [7, 11) is 1.60. The van der Waals surface area contributed by atoms with Crippen LogP contribution in [-0.4, -0.2) is 42.3 Å². The van der Waals surface area contributed by atoms with E-state index in [1.807, 2.05) is 4.90 Å². The molecule has 0 fully saturated rings. The van der Waals surface area contributed by atoms with E-state index in [0.29, 0.717) is 42.9 Å². The number of hydrogen-bond donors (Lipinski definition) is 1. The molecule has 3 rings (SSSR count). The number of carboxylic acids is 1. The maximum atomic E-state index is 14.9. The Morgan fingerprint density at radius 3 is 2.79 bits per heavy atom. The number of benzene rings is 1. The minimum atomic E-state index is -1.05. The van der Waals surface area contributed by atoms with E-state index < -0.39 is 11.8 Å². The fourth-order valence-electron chi connectivity index (χ4n) is 3.74. The number of halogens is 2. The average molecular weight is 422 g/mol. The molecule has 29 heavy (non-hydrogen) atoms. The van der Waals surface area contributed by atoms with Gasteiger partial charge in [-0.2, -0.15) is 0 Å². The third kappa shape index (κ3) is 4.05. The predicted molar refractivity (Wildman–Crippen MR) is 110 cm³/mol. The number of nitrogens with zero attached hydrogens (tertiary/aromatic N) is 1. The highest BCUT2D eigenvalue weighted by molar-refractivity contribution is 6.33. The van der Waals surface area contributed by atoms with Crippen LogP contribution in [0.5, 0.6) is 5.75 Å². The molecule has 0 radical (unpaired) electrons. The molecule has 0 saturated carbocycles. The smallest absolute Gasteiger partial charge is 0.337 e. The van der Waals surface area contributed by atoms with Crippen molar-refractivity contribution in [1.29, 1.82) is 0 Å². The first-order valence-corrected chi connectivity index (χ1v) is 9.91. The first-order chi connectivity index (χ1) is 13.8. The van der Waals surface area contributed by atoms with Crippen LogP contribution in [0.4, 0.5) is 4.39 Å². The SMILES string of the molecule is C=C1C=C2c3c(cc(OCCCOC)c(F)c3Cl)C[C@H](C(C)C)N2C=C1C(=O)O. The Balaban J connectivity index is 2.06. The van der Waals surface area contributed by atoms with E-state index in [2.05, 4.69) is 20.4 Å². The van der Waals surface area contributed by atoms with Gasteiger partial charge in [-0.15, -0.1) is 0 Å². The molecule has 0 aromatic heterocycles. The summed E-state index contributed by atoms with van der Waals surface area (Å²) < 4.78 is 25.5. The zero-order valence-electron chi connectivity index (χ0n) is 16.8. The number of aliphatic carboxylic acids is 1. The van der Waals surface area contributed by atoms with Gasteiger partial charge in [-0.3, -0.25) is 0 Å². The third-order valence-electron chi connectivity index (χ3n) is 5.25. The standard InChI is InChI=1S/C22H25ClFNO4/c1-12(2)16-9-14-10-18(29-7-5-6-28-4)21(24)20(23)19(14)17-8-13(3)15(22(26)27)11-25(16)17/h8,10-12,16H,3,5-7,9H2,1-2,4H3,(H,26,27)/t16-/m1/s1. The summed E-state index contributed by atoms with van der Waals surface area (Å²) in [5.74, 6) is -1.32. The number of rotatable bonds is 7. The van der Waals surface area contributed by atoms with Gasteiger partial charge in [0.25, 0.3) is 0 Å². The second-order valence-corrected chi connectivity index (χ2v) is 7.94. The Hall–Kier alpha value is -2.31. The number of ether oxygens (including phenoxy) is 2. The van der Waals surface area contributed by atoms with E-state index in [4.69, 9.17) is 21.1 Å². The van der Waals surface area contributed by atoms with Crippen LogP contribution >= 0.6 is 11.6 Å². The fourth-order valence-corrected chi connectivity index (χ4v) is 4.05. The van der Waals surface area contributed by atoms with Gasteiger partial charge in [0.15, 0.2) is 11.6 Å². The van der Waals surface area contributed by atoms with E-state index >= 15 is 0 Å². The largest absolute Gasteiger partial charge is 0.490 e. The zero-order valence-corrected chi connectivity index (χ0v) is 17.6. The Morgan fingerprint density at radius 2 is 2.17 bits per heavy atom. The summed E-state index contributed by atoms with van der Waals surface area (Å²) in [5.41, 5.74) is 2.58. The highest BCUT2D eigenvalue weighted by Crippen LogP contribution is 2.45. The van der Waals surface area contributed by atoms with Crippen molar-refractivity contribution < 1.29 is 23.8 Å². The van der Waals surface area contributed by atoms with Crippen molar-refractivity contribution in [3.63, 3.8) is 0 Å². The number of methoxy groups -OCH3 is 1. The van der Waals surface area contributed by atoms with E-state index in [1.54, 1.807) is 25.5 Å². The van der Waals surface area contributed by atoms with Crippen molar-refractivity contribution in [2.75, 3.05) is 20.3 Å². The van der Waals surface area contributed by atoms with Gasteiger partial charge in [0.05, 0.1) is 22.9 Å². The van der Waals surface area contributed by atoms with Gasteiger partial charge < -0.3 is 19.5 Å². The van der Waals surface area contributed by atoms with Crippen LogP contribution in [0.3, 0.4) is 0 Å². The summed E-state index contributed by atoms with van der Waals surface area (Å²) >= 11 is 6.44. The predicted octanol–water partition coefficient (Wildman–Crippen LogP) is 4.66. The van der Waals surface area contributed by atoms with Crippen molar-refractivity contribution in [3.8, 4) is 5.75 Å². The molecule has 2 aliphatic heterocycles. The highest BCUT2D eigenvalue weighted by Gasteiger charge is 2.36. The van der Waals surface area contributed by atoms with Crippen LogP contribution in [0.25, 0.3) is 5.70 Å². The van der Waals surface area contributed by atoms with Crippen molar-refractivity contribution in [2.24, 2.45) is 5.92 Å². The van der Waals surface area contributed by atoms with E-state index in [-0.39, 0.29) is 28.3 Å². The Morgan fingerprint density at radius 1 is 1.45 bits per heavy atom. The number of hydrogen-bond acceptors (Lipinski definition) is 4. The van der Waals surface area contributed by atoms with Crippen molar-refractivity contribution >= 4 is 23.3 Å². The quantitative estimate of drug-likeness (QED) is 0.649. The van der Waals surface area contributed by atoms with Gasteiger partial charge in [-0.05, 0) is 35.6 Å². The lowest BCUT2D eigenvalue weighted by Crippen LogP contribution is -2.41. The third-order valence-corrected chi connectivity index (χ3v) is 5.61. The molecule has 0 spiro atoms. The van der Waals surface area contributed by atoms with Crippen molar-refractivity contribution in [2.45, 2.75) is 32.7 Å². The average Bonchev–Trinajstić information content (AvgIpc) is 2.66. The number of carboxylic acid groups (broad SMARTS) is 1. The van der Waals surface area contributed by atoms with Gasteiger partial charge in [-0.1, -0.05) is 32.0 Å². The molecule has 7 heteroatoms. The second kappa shape index (κ2) is 8.59. The van der Waals surface area contributed by atoms with Crippen molar-refractivity contribution in [1.82, 2.24) is 4.90 Å². The normalized spacial score (nSPS) is 18.2. The molecule has 0 unspecified atom stereocenters. The number of allylic oxidation sites excluding steroid dienone is 1. The minimum Gasteiger partial charge on any atom is -0.490 e. The topological polar surface area (TPSA) is 59.0 Å². The van der Waals surface area contributed by atoms with Crippen LogP contribution in [0, 0.1) is 11.7 Å². The molecule has 1 atom stereocenters. The number of fused-ring (bicyclic) bond motifs is 3. The lowest BCUT2D eigenvalue weighted by Gasteiger charge is -2.43. The summed E-state index contributed by atoms with van der Waals surface area (Å²) in [4.78, 5) is 13.5. The monoisotopic (exact) mass is 421 g/mol. The van der Waals surface area contributed by atoms with E-state index in [9.17, 15) is 14.3 Å². The fraction of sp³-hybridized carbons (Fsp3) is 0.409. The van der Waals surface area contributed by atoms with E-state index in [0.717, 1.165) is 5.56 Å². The second-order valence-electron chi connectivity index (χ2n) is 7.56. The molecule has 1 N–H and O–H groups in total. The lowest BCUT2D eigenvalue weighted by atomic mass is 9.83. The molecular formula is C22H25ClFNO4. The maximum Gasteiger partial charge on any atom is 0.337 e. The highest BCUT2D eigenvalue weighted by atomic mass is 35.5. The van der Waals surface area contributed by atoms with Crippen LogP contribution < -0.4 is 4.74 Å². The van der Waals surface area contributed by atoms with Crippen LogP contribution in [0.2, 0.25) is 5.02 Å². The van der Waals surface area contributed by atoms with Crippen molar-refractivity contribution in [3.05, 3.63) is 58.0 Å². The Bertz CT molecular complexity index is 907. The first-order valence-electron chi connectivity index (χ1n) is 9.53. The molecule has 0 amide bonds. The molecule has 0 aliphatic carbocycles. The molecule has 0 bridgehead atoms. The Labute approximate surface area is 175 Å². The van der Waals surface area contributed by atoms with Crippen LogP contribution in [-0.2, 0) is 16.0 Å². The zero-order chi connectivity index (χ0) is 21.3. The van der Waals surface area contributed by atoms with Crippen LogP contribution in [0.1, 0.15) is 31.4 Å². The van der Waals surface area contributed by atoms with Crippen LogP contribution in [0.15, 0.2) is 36.1 Å². The molecule has 2 aliphatic rings. The molecule has 2 heterocycles. The molecule has 0 saturated heterocycles. The lowest BCUT2D eigenvalue weighted by molar-refractivity contribution is -0.132. The summed E-state index contributed by atoms with van der Waals surface area (Å²) in [6, 6.07) is 1.70.